The van der Waals surface area contributed by atoms with Crippen molar-refractivity contribution in [1.29, 1.82) is 0 Å². The number of aryl methyl sites for hydroxylation is 1. The van der Waals surface area contributed by atoms with Gasteiger partial charge in [-0.25, -0.2) is 0 Å². The second-order valence-electron chi connectivity index (χ2n) is 10.4. The molecule has 33 heavy (non-hydrogen) atoms. The first-order valence-corrected chi connectivity index (χ1v) is 12.2. The number of nitrogens with two attached hydrogens (primary N) is 1. The number of anilines is 1. The van der Waals surface area contributed by atoms with E-state index in [0.717, 1.165) is 35.4 Å². The largest absolute Gasteiger partial charge is 0.508 e. The second-order valence-corrected chi connectivity index (χ2v) is 10.4. The summed E-state index contributed by atoms with van der Waals surface area (Å²) in [6, 6.07) is 9.09. The van der Waals surface area contributed by atoms with E-state index in [4.69, 9.17) is 10.7 Å². The van der Waals surface area contributed by atoms with Crippen LogP contribution in [0.4, 0.5) is 5.69 Å². The second kappa shape index (κ2) is 10.0. The Morgan fingerprint density at radius 2 is 1.70 bits per heavy atom. The fourth-order valence-electron chi connectivity index (χ4n) is 5.05. The SMILES string of the molecule is Cc1cc(CC2C=C(C(C)C)C(=NC(C)c3ccc(O)cc3O)C(C)C2)cc(C(C)C)c1N. The highest BCUT2D eigenvalue weighted by molar-refractivity contribution is 6.03. The quantitative estimate of drug-likeness (QED) is 0.413. The van der Waals surface area contributed by atoms with E-state index in [1.807, 2.05) is 6.92 Å². The summed E-state index contributed by atoms with van der Waals surface area (Å²) in [6.07, 6.45) is 4.47. The summed E-state index contributed by atoms with van der Waals surface area (Å²) >= 11 is 0. The zero-order chi connectivity index (χ0) is 24.4. The molecule has 0 spiro atoms. The summed E-state index contributed by atoms with van der Waals surface area (Å²) in [4.78, 5) is 5.08. The Balaban J connectivity index is 1.92. The van der Waals surface area contributed by atoms with Gasteiger partial charge >= 0.3 is 0 Å². The summed E-state index contributed by atoms with van der Waals surface area (Å²) in [7, 11) is 0. The van der Waals surface area contributed by atoms with Gasteiger partial charge in [-0.05, 0) is 84.8 Å². The molecule has 3 rings (SSSR count). The van der Waals surface area contributed by atoms with Gasteiger partial charge in [-0.3, -0.25) is 4.99 Å². The monoisotopic (exact) mass is 448 g/mol. The summed E-state index contributed by atoms with van der Waals surface area (Å²) in [5.41, 5.74) is 14.2. The minimum absolute atomic E-state index is 0.0614. The average molecular weight is 449 g/mol. The minimum atomic E-state index is -0.185. The van der Waals surface area contributed by atoms with Crippen LogP contribution in [0.25, 0.3) is 0 Å². The van der Waals surface area contributed by atoms with E-state index in [-0.39, 0.29) is 17.5 Å². The van der Waals surface area contributed by atoms with Crippen LogP contribution in [0.5, 0.6) is 11.5 Å². The minimum Gasteiger partial charge on any atom is -0.508 e. The number of aliphatic imine (C=N–C) groups is 1. The zero-order valence-corrected chi connectivity index (χ0v) is 21.2. The number of phenols is 2. The predicted octanol–water partition coefficient (Wildman–Crippen LogP) is 7.09. The smallest absolute Gasteiger partial charge is 0.124 e. The Bertz CT molecular complexity index is 1070. The highest BCUT2D eigenvalue weighted by Gasteiger charge is 2.28. The van der Waals surface area contributed by atoms with Crippen molar-refractivity contribution in [1.82, 2.24) is 0 Å². The number of rotatable bonds is 6. The molecule has 0 saturated heterocycles. The van der Waals surface area contributed by atoms with Gasteiger partial charge in [0, 0.05) is 23.0 Å². The van der Waals surface area contributed by atoms with Gasteiger partial charge in [-0.15, -0.1) is 0 Å². The number of benzene rings is 2. The lowest BCUT2D eigenvalue weighted by atomic mass is 9.75. The molecule has 4 nitrogen and oxygen atoms in total. The van der Waals surface area contributed by atoms with Gasteiger partial charge in [0.1, 0.15) is 11.5 Å². The van der Waals surface area contributed by atoms with Crippen molar-refractivity contribution in [2.75, 3.05) is 5.73 Å². The zero-order valence-electron chi connectivity index (χ0n) is 21.2. The number of nitrogen functional groups attached to an aromatic ring is 1. The molecule has 0 saturated carbocycles. The molecule has 4 N–H and O–H groups in total. The lowest BCUT2D eigenvalue weighted by molar-refractivity contribution is 0.443. The summed E-state index contributed by atoms with van der Waals surface area (Å²) in [6.45, 7) is 15.2. The third kappa shape index (κ3) is 5.61. The Kier molecular flexibility index (Phi) is 7.56. The van der Waals surface area contributed by atoms with E-state index in [2.05, 4.69) is 59.8 Å². The lowest BCUT2D eigenvalue weighted by Crippen LogP contribution is -2.27. The molecule has 0 fully saturated rings. The predicted molar refractivity (Wildman–Crippen MR) is 139 cm³/mol. The molecule has 2 aromatic rings. The number of allylic oxidation sites excluding steroid dienone is 2. The van der Waals surface area contributed by atoms with Crippen molar-refractivity contribution in [2.24, 2.45) is 22.7 Å². The molecule has 0 amide bonds. The Morgan fingerprint density at radius 3 is 2.30 bits per heavy atom. The molecular formula is C29H40N2O2. The molecule has 0 aromatic heterocycles. The maximum Gasteiger partial charge on any atom is 0.124 e. The van der Waals surface area contributed by atoms with Gasteiger partial charge in [0.2, 0.25) is 0 Å². The first-order chi connectivity index (χ1) is 15.5. The van der Waals surface area contributed by atoms with Crippen molar-refractivity contribution >= 4 is 11.4 Å². The molecule has 0 radical (unpaired) electrons. The first kappa shape index (κ1) is 24.9. The Hall–Kier alpha value is -2.75. The van der Waals surface area contributed by atoms with Crippen molar-refractivity contribution in [3.05, 3.63) is 64.2 Å². The molecule has 1 aliphatic rings. The molecule has 3 unspecified atom stereocenters. The van der Waals surface area contributed by atoms with Crippen LogP contribution in [0.1, 0.15) is 82.2 Å². The molecule has 0 aliphatic heterocycles. The normalized spacial score (nSPS) is 21.0. The van der Waals surface area contributed by atoms with Gasteiger partial charge in [0.05, 0.1) is 6.04 Å². The third-order valence-electron chi connectivity index (χ3n) is 6.85. The number of hydrogen-bond donors (Lipinski definition) is 3. The van der Waals surface area contributed by atoms with Crippen molar-refractivity contribution < 1.29 is 10.2 Å². The van der Waals surface area contributed by atoms with Crippen molar-refractivity contribution in [3.8, 4) is 11.5 Å². The molecule has 2 aromatic carbocycles. The number of hydrogen-bond acceptors (Lipinski definition) is 4. The van der Waals surface area contributed by atoms with Gasteiger partial charge in [-0.2, -0.15) is 0 Å². The first-order valence-electron chi connectivity index (χ1n) is 12.2. The Morgan fingerprint density at radius 1 is 1.00 bits per heavy atom. The van der Waals surface area contributed by atoms with Gasteiger partial charge in [-0.1, -0.05) is 52.8 Å². The van der Waals surface area contributed by atoms with Crippen LogP contribution in [0.2, 0.25) is 0 Å². The van der Waals surface area contributed by atoms with E-state index in [0.29, 0.717) is 23.7 Å². The topological polar surface area (TPSA) is 78.8 Å². The molecule has 4 heteroatoms. The average Bonchev–Trinajstić information content (AvgIpc) is 2.71. The summed E-state index contributed by atoms with van der Waals surface area (Å²) in [5.74, 6) is 1.71. The third-order valence-corrected chi connectivity index (χ3v) is 6.85. The fraction of sp³-hybridized carbons (Fsp3) is 0.483. The molecule has 1 aliphatic carbocycles. The van der Waals surface area contributed by atoms with Gasteiger partial charge in [0.25, 0.3) is 0 Å². The van der Waals surface area contributed by atoms with Crippen LogP contribution in [0, 0.1) is 24.7 Å². The van der Waals surface area contributed by atoms with Gasteiger partial charge < -0.3 is 15.9 Å². The van der Waals surface area contributed by atoms with Crippen LogP contribution in [-0.4, -0.2) is 15.9 Å². The highest BCUT2D eigenvalue weighted by Crippen LogP contribution is 2.36. The van der Waals surface area contributed by atoms with Crippen LogP contribution >= 0.6 is 0 Å². The van der Waals surface area contributed by atoms with Crippen LogP contribution in [0.15, 0.2) is 47.0 Å². The van der Waals surface area contributed by atoms with Crippen LogP contribution in [-0.2, 0) is 6.42 Å². The lowest BCUT2D eigenvalue weighted by Gasteiger charge is -2.31. The van der Waals surface area contributed by atoms with Crippen LogP contribution < -0.4 is 5.73 Å². The fourth-order valence-corrected chi connectivity index (χ4v) is 5.05. The van der Waals surface area contributed by atoms with E-state index in [9.17, 15) is 10.2 Å². The molecule has 3 atom stereocenters. The Labute approximate surface area is 199 Å². The number of nitrogens with zero attached hydrogens (tertiary/aromatic N) is 1. The van der Waals surface area contributed by atoms with E-state index in [1.54, 1.807) is 12.1 Å². The highest BCUT2D eigenvalue weighted by atomic mass is 16.3. The van der Waals surface area contributed by atoms with E-state index >= 15 is 0 Å². The maximum atomic E-state index is 10.3. The maximum absolute atomic E-state index is 10.3. The summed E-state index contributed by atoms with van der Waals surface area (Å²) < 4.78 is 0. The van der Waals surface area contributed by atoms with Crippen molar-refractivity contribution in [3.63, 3.8) is 0 Å². The summed E-state index contributed by atoms with van der Waals surface area (Å²) in [5, 5.41) is 19.9. The standard InChI is InChI=1S/C29H40N2O2/c1-16(2)25-13-21(10-18(5)28(25)30)12-22-11-19(6)29(26(14-22)17(3)4)31-20(7)24-9-8-23(32)15-27(24)33/h8-10,13-17,19-20,22,32-33H,11-12,30H2,1-7H3. The van der Waals surface area contributed by atoms with E-state index in [1.165, 1.54) is 22.8 Å². The molecule has 0 bridgehead atoms. The van der Waals surface area contributed by atoms with E-state index < -0.39 is 0 Å². The van der Waals surface area contributed by atoms with Gasteiger partial charge in [0.15, 0.2) is 0 Å². The van der Waals surface area contributed by atoms with Crippen molar-refractivity contribution in [2.45, 2.75) is 73.3 Å². The van der Waals surface area contributed by atoms with Crippen LogP contribution in [0.3, 0.4) is 0 Å². The molecule has 0 heterocycles. The molecule has 178 valence electrons. The number of aromatic hydroxyl groups is 2. The number of phenolic OH excluding ortho intramolecular Hbond substituents is 2. The molecular weight excluding hydrogens is 408 g/mol.